The van der Waals surface area contributed by atoms with E-state index >= 15 is 0 Å². The van der Waals surface area contributed by atoms with Crippen LogP contribution in [0.5, 0.6) is 0 Å². The lowest BCUT2D eigenvalue weighted by Gasteiger charge is -2.33. The number of aliphatic hydroxyl groups is 1. The molecule has 13 heteroatoms. The molecule has 2 aromatic carbocycles. The number of urea groups is 1. The molecule has 0 spiro atoms. The molecular formula is C28H35F7N4O2. The highest BCUT2D eigenvalue weighted by molar-refractivity contribution is 5.89. The van der Waals surface area contributed by atoms with Crippen LogP contribution in [0.15, 0.2) is 42.5 Å². The molecule has 0 aromatic heterocycles. The van der Waals surface area contributed by atoms with Gasteiger partial charge in [0.15, 0.2) is 0 Å². The minimum atomic E-state index is -5.92. The summed E-state index contributed by atoms with van der Waals surface area (Å²) in [5, 5.41) is 17.8. The molecule has 0 aliphatic carbocycles. The maximum Gasteiger partial charge on any atom is 0.430 e. The highest BCUT2D eigenvalue weighted by Crippen LogP contribution is 2.50. The van der Waals surface area contributed by atoms with Gasteiger partial charge in [0.2, 0.25) is 0 Å². The number of piperidine rings is 1. The Kier molecular flexibility index (Phi) is 9.97. The molecule has 2 aromatic rings. The number of nitrogens with one attached hydrogen (secondary N) is 3. The average molecular weight is 593 g/mol. The normalized spacial score (nSPS) is 16.1. The summed E-state index contributed by atoms with van der Waals surface area (Å²) in [4.78, 5) is 14.1. The van der Waals surface area contributed by atoms with E-state index < -0.39 is 35.4 Å². The summed E-state index contributed by atoms with van der Waals surface area (Å²) in [5.41, 5.74) is -5.19. The number of hydrogen-bond donors (Lipinski definition) is 4. The number of hydrogen-bond acceptors (Lipinski definition) is 4. The van der Waals surface area contributed by atoms with Crippen LogP contribution in [0.4, 0.5) is 41.2 Å². The summed E-state index contributed by atoms with van der Waals surface area (Å²) < 4.78 is 93.2. The second kappa shape index (κ2) is 12.5. The minimum Gasteiger partial charge on any atom is -0.369 e. The Morgan fingerprint density at radius 2 is 1.51 bits per heavy atom. The van der Waals surface area contributed by atoms with Crippen molar-refractivity contribution in [3.8, 4) is 0 Å². The van der Waals surface area contributed by atoms with E-state index in [1.165, 1.54) is 12.1 Å². The molecule has 1 aliphatic heterocycles. The molecule has 0 bridgehead atoms. The van der Waals surface area contributed by atoms with Crippen LogP contribution in [0.25, 0.3) is 0 Å². The van der Waals surface area contributed by atoms with Crippen molar-refractivity contribution in [2.75, 3.05) is 32.0 Å². The fourth-order valence-corrected chi connectivity index (χ4v) is 4.62. The zero-order valence-corrected chi connectivity index (χ0v) is 23.0. The minimum absolute atomic E-state index is 0.0678. The van der Waals surface area contributed by atoms with Gasteiger partial charge in [-0.2, -0.15) is 26.3 Å². The Morgan fingerprint density at radius 3 is 2.02 bits per heavy atom. The Labute approximate surface area is 234 Å². The number of amides is 2. The number of alkyl halides is 6. The van der Waals surface area contributed by atoms with Gasteiger partial charge >= 0.3 is 18.4 Å². The van der Waals surface area contributed by atoms with Gasteiger partial charge in [-0.15, -0.1) is 0 Å². The van der Waals surface area contributed by atoms with Gasteiger partial charge in [0.25, 0.3) is 5.60 Å². The van der Waals surface area contributed by atoms with Crippen LogP contribution in [0, 0.1) is 11.7 Å². The topological polar surface area (TPSA) is 76.6 Å². The lowest BCUT2D eigenvalue weighted by Crippen LogP contribution is -2.53. The molecule has 2 amide bonds. The number of rotatable bonds is 9. The third-order valence-electron chi connectivity index (χ3n) is 7.48. The van der Waals surface area contributed by atoms with Crippen LogP contribution in [0.3, 0.4) is 0 Å². The molecule has 3 rings (SSSR count). The fourth-order valence-electron chi connectivity index (χ4n) is 4.62. The molecule has 41 heavy (non-hydrogen) atoms. The quantitative estimate of drug-likeness (QED) is 0.282. The number of anilines is 1. The zero-order valence-electron chi connectivity index (χ0n) is 23.0. The van der Waals surface area contributed by atoms with E-state index in [1.807, 2.05) is 18.7 Å². The predicted molar refractivity (Wildman–Crippen MR) is 141 cm³/mol. The second-order valence-corrected chi connectivity index (χ2v) is 11.1. The van der Waals surface area contributed by atoms with Gasteiger partial charge in [-0.05, 0) is 82.4 Å². The SMILES string of the molecule is CNC(C)(C)CNC(=O)Nc1ccc(CC2CCN(Cc3ccc(C(O)(C(F)(F)F)C(F)(F)F)cc3)CC2)cc1F. The summed E-state index contributed by atoms with van der Waals surface area (Å²) in [6.45, 7) is 5.78. The molecule has 4 N–H and O–H groups in total. The molecule has 1 heterocycles. The van der Waals surface area contributed by atoms with Crippen molar-refractivity contribution in [2.45, 2.75) is 63.1 Å². The van der Waals surface area contributed by atoms with E-state index in [-0.39, 0.29) is 17.1 Å². The first kappa shape index (κ1) is 32.6. The molecule has 0 saturated carbocycles. The smallest absolute Gasteiger partial charge is 0.369 e. The Bertz CT molecular complexity index is 1160. The van der Waals surface area contributed by atoms with Crippen molar-refractivity contribution in [2.24, 2.45) is 5.92 Å². The number of carbonyl (C=O) groups is 1. The van der Waals surface area contributed by atoms with Crippen molar-refractivity contribution in [3.05, 3.63) is 65.0 Å². The van der Waals surface area contributed by atoms with Crippen LogP contribution >= 0.6 is 0 Å². The van der Waals surface area contributed by atoms with Crippen LogP contribution < -0.4 is 16.0 Å². The highest BCUT2D eigenvalue weighted by atomic mass is 19.4. The second-order valence-electron chi connectivity index (χ2n) is 11.1. The number of nitrogens with zero attached hydrogens (tertiary/aromatic N) is 1. The molecule has 1 fully saturated rings. The van der Waals surface area contributed by atoms with Crippen molar-refractivity contribution >= 4 is 11.7 Å². The van der Waals surface area contributed by atoms with Gasteiger partial charge < -0.3 is 21.1 Å². The Hall–Kier alpha value is -2.90. The number of carbonyl (C=O) groups excluding carboxylic acids is 1. The first-order valence-corrected chi connectivity index (χ1v) is 13.1. The first-order valence-electron chi connectivity index (χ1n) is 13.1. The lowest BCUT2D eigenvalue weighted by molar-refractivity contribution is -0.376. The third-order valence-corrected chi connectivity index (χ3v) is 7.48. The standard InChI is InChI=1S/C28H35F7N4O2/c1-25(2,36-3)17-37-24(40)38-23-9-6-20(15-22(23)29)14-18-10-12-39(13-11-18)16-19-4-7-21(8-5-19)26(41,27(30,31)32)28(33,34)35/h4-9,15,18,36,41H,10-14,16-17H2,1-3H3,(H2,37,38,40). The highest BCUT2D eigenvalue weighted by Gasteiger charge is 2.71. The summed E-state index contributed by atoms with van der Waals surface area (Å²) in [7, 11) is 1.77. The van der Waals surface area contributed by atoms with Crippen molar-refractivity contribution in [1.29, 1.82) is 0 Å². The molecule has 0 unspecified atom stereocenters. The summed E-state index contributed by atoms with van der Waals surface area (Å²) in [6.07, 6.45) is -9.69. The Balaban J connectivity index is 1.51. The van der Waals surface area contributed by atoms with Gasteiger partial charge in [-0.3, -0.25) is 4.90 Å². The van der Waals surface area contributed by atoms with E-state index in [0.29, 0.717) is 50.3 Å². The van der Waals surface area contributed by atoms with Crippen molar-refractivity contribution in [3.63, 3.8) is 0 Å². The van der Waals surface area contributed by atoms with E-state index in [0.717, 1.165) is 30.5 Å². The van der Waals surface area contributed by atoms with Gasteiger partial charge in [0, 0.05) is 24.2 Å². The summed E-state index contributed by atoms with van der Waals surface area (Å²) in [6, 6.07) is 7.78. The maximum absolute atomic E-state index is 14.6. The van der Waals surface area contributed by atoms with Crippen molar-refractivity contribution in [1.82, 2.24) is 15.5 Å². The molecule has 6 nitrogen and oxygen atoms in total. The largest absolute Gasteiger partial charge is 0.430 e. The van der Waals surface area contributed by atoms with Crippen molar-refractivity contribution < 1.29 is 40.6 Å². The average Bonchev–Trinajstić information content (AvgIpc) is 2.89. The van der Waals surface area contributed by atoms with Crippen LogP contribution in [0.2, 0.25) is 0 Å². The van der Waals surface area contributed by atoms with E-state index in [2.05, 4.69) is 16.0 Å². The van der Waals surface area contributed by atoms with Crippen LogP contribution in [-0.2, 0) is 18.6 Å². The molecule has 0 atom stereocenters. The Morgan fingerprint density at radius 1 is 0.951 bits per heavy atom. The third kappa shape index (κ3) is 8.10. The van der Waals surface area contributed by atoms with Gasteiger partial charge in [-0.25, -0.2) is 9.18 Å². The predicted octanol–water partition coefficient (Wildman–Crippen LogP) is 5.71. The van der Waals surface area contributed by atoms with E-state index in [9.17, 15) is 40.6 Å². The number of benzene rings is 2. The first-order chi connectivity index (χ1) is 18.9. The molecule has 1 saturated heterocycles. The summed E-state index contributed by atoms with van der Waals surface area (Å²) >= 11 is 0. The molecule has 1 aliphatic rings. The number of halogens is 7. The molecule has 228 valence electrons. The maximum atomic E-state index is 14.6. The van der Waals surface area contributed by atoms with Gasteiger partial charge in [0.1, 0.15) is 5.82 Å². The van der Waals surface area contributed by atoms with Gasteiger partial charge in [0.05, 0.1) is 5.69 Å². The molecule has 0 radical (unpaired) electrons. The summed E-state index contributed by atoms with van der Waals surface area (Å²) in [5.74, 6) is -0.290. The van der Waals surface area contributed by atoms with E-state index in [1.54, 1.807) is 13.1 Å². The molecular weight excluding hydrogens is 557 g/mol. The van der Waals surface area contributed by atoms with Gasteiger partial charge in [-0.1, -0.05) is 30.3 Å². The zero-order chi connectivity index (χ0) is 30.6. The van der Waals surface area contributed by atoms with Crippen LogP contribution in [0.1, 0.15) is 43.4 Å². The lowest BCUT2D eigenvalue weighted by atomic mass is 9.89. The van der Waals surface area contributed by atoms with E-state index in [4.69, 9.17) is 0 Å². The van der Waals surface area contributed by atoms with Crippen LogP contribution in [-0.4, -0.2) is 60.6 Å². The monoisotopic (exact) mass is 592 g/mol. The fraction of sp³-hybridized carbons (Fsp3) is 0.536. The number of likely N-dealkylation sites (tertiary alicyclic amines) is 1. The number of likely N-dealkylation sites (N-methyl/N-ethyl adjacent to an activating group) is 1.